The maximum Gasteiger partial charge on any atom is 0.351 e. The molecular formula is C14H24NO4P. The summed E-state index contributed by atoms with van der Waals surface area (Å²) in [4.78, 5) is 2.07. The minimum absolute atomic E-state index is 0.418. The predicted octanol–water partition coefficient (Wildman–Crippen LogP) is 3.52. The number of hydrogen-bond donors (Lipinski definition) is 0. The fourth-order valence-electron chi connectivity index (χ4n) is 2.21. The van der Waals surface area contributed by atoms with Gasteiger partial charge in [-0.3, -0.25) is 9.46 Å². The molecule has 0 saturated heterocycles. The van der Waals surface area contributed by atoms with Crippen molar-refractivity contribution >= 4 is 7.60 Å². The smallest absolute Gasteiger partial charge is 0.351 e. The molecule has 5 nitrogen and oxygen atoms in total. The van der Waals surface area contributed by atoms with Crippen LogP contribution in [0.5, 0.6) is 5.75 Å². The largest absolute Gasteiger partial charge is 0.497 e. The molecule has 0 fully saturated rings. The van der Waals surface area contributed by atoms with Crippen molar-refractivity contribution in [2.45, 2.75) is 19.6 Å². The summed E-state index contributed by atoms with van der Waals surface area (Å²) in [6, 6.07) is 7.49. The Kier molecular flexibility index (Phi) is 6.69. The Morgan fingerprint density at radius 3 is 1.90 bits per heavy atom. The Labute approximate surface area is 121 Å². The average Bonchev–Trinajstić information content (AvgIpc) is 2.52. The van der Waals surface area contributed by atoms with Gasteiger partial charge in [0.2, 0.25) is 0 Å². The molecule has 0 aromatic heterocycles. The van der Waals surface area contributed by atoms with Crippen molar-refractivity contribution < 1.29 is 18.3 Å². The van der Waals surface area contributed by atoms with E-state index >= 15 is 0 Å². The highest BCUT2D eigenvalue weighted by molar-refractivity contribution is 7.54. The normalized spacial score (nSPS) is 13.5. The molecule has 114 valence electrons. The van der Waals surface area contributed by atoms with E-state index in [4.69, 9.17) is 13.8 Å². The number of nitrogens with zero attached hydrogens (tertiary/aromatic N) is 1. The van der Waals surface area contributed by atoms with Crippen molar-refractivity contribution in [2.75, 3.05) is 34.4 Å². The van der Waals surface area contributed by atoms with Crippen LogP contribution in [0, 0.1) is 0 Å². The van der Waals surface area contributed by atoms with Crippen LogP contribution in [-0.4, -0.2) is 39.3 Å². The summed E-state index contributed by atoms with van der Waals surface area (Å²) >= 11 is 0. The Morgan fingerprint density at radius 2 is 1.55 bits per heavy atom. The average molecular weight is 301 g/mol. The van der Waals surface area contributed by atoms with E-state index in [0.717, 1.165) is 24.4 Å². The van der Waals surface area contributed by atoms with Crippen LogP contribution >= 0.6 is 7.60 Å². The summed E-state index contributed by atoms with van der Waals surface area (Å²) in [5.74, 6) is 0.343. The number of hydrogen-bond acceptors (Lipinski definition) is 5. The maximum absolute atomic E-state index is 12.8. The van der Waals surface area contributed by atoms with Crippen LogP contribution in [0.2, 0.25) is 0 Å². The second-order valence-electron chi connectivity index (χ2n) is 4.27. The monoisotopic (exact) mass is 301 g/mol. The third-order valence-electron chi connectivity index (χ3n) is 3.38. The maximum atomic E-state index is 12.8. The number of methoxy groups -OCH3 is 1. The molecule has 0 aliphatic carbocycles. The lowest BCUT2D eigenvalue weighted by Gasteiger charge is -2.33. The lowest BCUT2D eigenvalue weighted by atomic mass is 10.2. The van der Waals surface area contributed by atoms with Crippen molar-refractivity contribution in [3.8, 4) is 5.75 Å². The summed E-state index contributed by atoms with van der Waals surface area (Å²) in [5, 5.41) is 0. The summed E-state index contributed by atoms with van der Waals surface area (Å²) in [6.07, 6.45) is 0. The fourth-order valence-corrected chi connectivity index (χ4v) is 4.03. The van der Waals surface area contributed by atoms with Crippen LogP contribution in [0.15, 0.2) is 24.3 Å². The molecule has 1 rings (SSSR count). The zero-order chi connectivity index (χ0) is 15.2. The fraction of sp³-hybridized carbons (Fsp3) is 0.571. The molecule has 0 bridgehead atoms. The molecule has 0 aliphatic rings. The van der Waals surface area contributed by atoms with Crippen LogP contribution in [0.1, 0.15) is 25.2 Å². The SMILES string of the molecule is CCN(CC)C(c1ccc(OC)cc1)P(=O)(OC)OC. The topological polar surface area (TPSA) is 48.0 Å². The molecule has 0 amide bonds. The lowest BCUT2D eigenvalue weighted by Crippen LogP contribution is -2.29. The quantitative estimate of drug-likeness (QED) is 0.688. The molecule has 1 aromatic carbocycles. The van der Waals surface area contributed by atoms with E-state index in [0.29, 0.717) is 0 Å². The Morgan fingerprint density at radius 1 is 1.05 bits per heavy atom. The zero-order valence-corrected chi connectivity index (χ0v) is 13.7. The van der Waals surface area contributed by atoms with E-state index in [9.17, 15) is 4.57 Å². The van der Waals surface area contributed by atoms with Crippen molar-refractivity contribution in [1.29, 1.82) is 0 Å². The third-order valence-corrected chi connectivity index (χ3v) is 5.62. The van der Waals surface area contributed by atoms with Gasteiger partial charge in [-0.05, 0) is 30.8 Å². The highest BCUT2D eigenvalue weighted by Crippen LogP contribution is 2.61. The molecule has 20 heavy (non-hydrogen) atoms. The van der Waals surface area contributed by atoms with Crippen LogP contribution in [0.4, 0.5) is 0 Å². The van der Waals surface area contributed by atoms with Crippen LogP contribution in [0.3, 0.4) is 0 Å². The number of rotatable bonds is 8. The van der Waals surface area contributed by atoms with Gasteiger partial charge < -0.3 is 13.8 Å². The molecule has 1 aromatic rings. The van der Waals surface area contributed by atoms with E-state index in [1.54, 1.807) is 7.11 Å². The van der Waals surface area contributed by atoms with Gasteiger partial charge in [0.05, 0.1) is 7.11 Å². The van der Waals surface area contributed by atoms with Gasteiger partial charge in [0.1, 0.15) is 11.5 Å². The first kappa shape index (κ1) is 17.2. The van der Waals surface area contributed by atoms with Gasteiger partial charge in [0.15, 0.2) is 0 Å². The van der Waals surface area contributed by atoms with Crippen LogP contribution < -0.4 is 4.74 Å². The van der Waals surface area contributed by atoms with E-state index in [2.05, 4.69) is 4.90 Å². The van der Waals surface area contributed by atoms with Crippen LogP contribution in [0.25, 0.3) is 0 Å². The highest BCUT2D eigenvalue weighted by Gasteiger charge is 2.38. The van der Waals surface area contributed by atoms with Gasteiger partial charge in [-0.25, -0.2) is 0 Å². The molecule has 0 N–H and O–H groups in total. The predicted molar refractivity (Wildman–Crippen MR) is 80.3 cm³/mol. The molecule has 0 spiro atoms. The first-order valence-corrected chi connectivity index (χ1v) is 8.26. The van der Waals surface area contributed by atoms with Gasteiger partial charge in [0, 0.05) is 14.2 Å². The van der Waals surface area contributed by atoms with Crippen LogP contribution in [-0.2, 0) is 13.6 Å². The van der Waals surface area contributed by atoms with Gasteiger partial charge in [-0.1, -0.05) is 26.0 Å². The molecular weight excluding hydrogens is 277 g/mol. The van der Waals surface area contributed by atoms with Crippen molar-refractivity contribution in [3.05, 3.63) is 29.8 Å². The van der Waals surface area contributed by atoms with Crippen molar-refractivity contribution in [1.82, 2.24) is 4.90 Å². The summed E-state index contributed by atoms with van der Waals surface area (Å²) in [5.41, 5.74) is 0.890. The second kappa shape index (κ2) is 7.79. The molecule has 0 radical (unpaired) electrons. The molecule has 1 unspecified atom stereocenters. The van der Waals surface area contributed by atoms with Crippen molar-refractivity contribution in [3.63, 3.8) is 0 Å². The first-order valence-electron chi connectivity index (χ1n) is 6.65. The van der Waals surface area contributed by atoms with Gasteiger partial charge in [0.25, 0.3) is 0 Å². The molecule has 0 saturated carbocycles. The number of benzene rings is 1. The lowest BCUT2D eigenvalue weighted by molar-refractivity contribution is 0.199. The second-order valence-corrected chi connectivity index (χ2v) is 6.57. The summed E-state index contributed by atoms with van der Waals surface area (Å²) in [7, 11) is 1.22. The minimum Gasteiger partial charge on any atom is -0.497 e. The Bertz CT molecular complexity index is 437. The Hall–Kier alpha value is -0.870. The van der Waals surface area contributed by atoms with E-state index in [1.807, 2.05) is 38.1 Å². The van der Waals surface area contributed by atoms with Gasteiger partial charge in [-0.2, -0.15) is 0 Å². The summed E-state index contributed by atoms with van der Waals surface area (Å²) in [6.45, 7) is 5.55. The van der Waals surface area contributed by atoms with Gasteiger partial charge in [-0.15, -0.1) is 0 Å². The highest BCUT2D eigenvalue weighted by atomic mass is 31.2. The molecule has 0 heterocycles. The van der Waals surface area contributed by atoms with Crippen molar-refractivity contribution in [2.24, 2.45) is 0 Å². The molecule has 6 heteroatoms. The van der Waals surface area contributed by atoms with E-state index in [-0.39, 0.29) is 0 Å². The van der Waals surface area contributed by atoms with Gasteiger partial charge >= 0.3 is 7.60 Å². The number of ether oxygens (including phenoxy) is 1. The Balaban J connectivity index is 3.25. The standard InChI is InChI=1S/C14H24NO4P/c1-6-15(7-2)14(20(16,18-4)19-5)12-8-10-13(17-3)11-9-12/h8-11,14H,6-7H2,1-5H3. The third kappa shape index (κ3) is 3.61. The van der Waals surface area contributed by atoms with E-state index < -0.39 is 13.4 Å². The first-order chi connectivity index (χ1) is 9.56. The molecule has 1 atom stereocenters. The molecule has 0 aliphatic heterocycles. The van der Waals surface area contributed by atoms with E-state index in [1.165, 1.54) is 14.2 Å². The zero-order valence-electron chi connectivity index (χ0n) is 12.8. The minimum atomic E-state index is -3.24. The summed E-state index contributed by atoms with van der Waals surface area (Å²) < 4.78 is 28.4.